The SMILES string of the molecule is CCn1cncc1CNCCc1ccc(Br)s1. The first-order chi connectivity index (χ1) is 8.29. The fourth-order valence-electron chi connectivity index (χ4n) is 1.69. The Labute approximate surface area is 114 Å². The number of hydrogen-bond donors (Lipinski definition) is 1. The minimum absolute atomic E-state index is 0.889. The molecule has 2 heterocycles. The van der Waals surface area contributed by atoms with Crippen molar-refractivity contribution in [2.45, 2.75) is 26.4 Å². The third-order valence-corrected chi connectivity index (χ3v) is 4.31. The van der Waals surface area contributed by atoms with Gasteiger partial charge in [0.25, 0.3) is 0 Å². The summed E-state index contributed by atoms with van der Waals surface area (Å²) in [6, 6.07) is 4.28. The Kier molecular flexibility index (Phi) is 4.76. The molecule has 0 fully saturated rings. The predicted molar refractivity (Wildman–Crippen MR) is 75.3 cm³/mol. The molecule has 17 heavy (non-hydrogen) atoms. The van der Waals surface area contributed by atoms with Crippen LogP contribution in [0.4, 0.5) is 0 Å². The van der Waals surface area contributed by atoms with Gasteiger partial charge in [-0.3, -0.25) is 0 Å². The van der Waals surface area contributed by atoms with Crippen molar-refractivity contribution in [1.82, 2.24) is 14.9 Å². The van der Waals surface area contributed by atoms with E-state index >= 15 is 0 Å². The molecule has 0 unspecified atom stereocenters. The van der Waals surface area contributed by atoms with Gasteiger partial charge in [-0.1, -0.05) is 0 Å². The largest absolute Gasteiger partial charge is 0.334 e. The molecule has 92 valence electrons. The van der Waals surface area contributed by atoms with E-state index in [1.54, 1.807) is 11.3 Å². The van der Waals surface area contributed by atoms with E-state index in [1.807, 2.05) is 12.5 Å². The Bertz CT molecular complexity index is 464. The fourth-order valence-corrected chi connectivity index (χ4v) is 3.18. The minimum Gasteiger partial charge on any atom is -0.334 e. The van der Waals surface area contributed by atoms with E-state index in [0.717, 1.165) is 26.1 Å². The average Bonchev–Trinajstić information content (AvgIpc) is 2.93. The van der Waals surface area contributed by atoms with Crippen LogP contribution in [0.3, 0.4) is 0 Å². The van der Waals surface area contributed by atoms with Gasteiger partial charge in [-0.05, 0) is 41.4 Å². The Balaban J connectivity index is 1.73. The van der Waals surface area contributed by atoms with Crippen molar-refractivity contribution < 1.29 is 0 Å². The van der Waals surface area contributed by atoms with E-state index in [2.05, 4.69) is 49.9 Å². The molecule has 0 bridgehead atoms. The van der Waals surface area contributed by atoms with Gasteiger partial charge in [-0.15, -0.1) is 11.3 Å². The summed E-state index contributed by atoms with van der Waals surface area (Å²) in [5, 5.41) is 3.45. The summed E-state index contributed by atoms with van der Waals surface area (Å²) < 4.78 is 3.37. The lowest BCUT2D eigenvalue weighted by molar-refractivity contribution is 0.629. The smallest absolute Gasteiger partial charge is 0.0948 e. The summed E-state index contributed by atoms with van der Waals surface area (Å²) in [5.74, 6) is 0. The first-order valence-electron chi connectivity index (χ1n) is 5.73. The monoisotopic (exact) mass is 313 g/mol. The number of aryl methyl sites for hydroxylation is 1. The zero-order chi connectivity index (χ0) is 12.1. The topological polar surface area (TPSA) is 29.9 Å². The van der Waals surface area contributed by atoms with Crippen molar-refractivity contribution in [1.29, 1.82) is 0 Å². The summed E-state index contributed by atoms with van der Waals surface area (Å²) in [7, 11) is 0. The van der Waals surface area contributed by atoms with Crippen LogP contribution >= 0.6 is 27.3 Å². The summed E-state index contributed by atoms with van der Waals surface area (Å²) in [6.45, 7) is 5.01. The van der Waals surface area contributed by atoms with Gasteiger partial charge in [0, 0.05) is 30.7 Å². The first-order valence-corrected chi connectivity index (χ1v) is 7.34. The molecule has 2 rings (SSSR count). The van der Waals surface area contributed by atoms with Crippen molar-refractivity contribution in [3.63, 3.8) is 0 Å². The number of imidazole rings is 1. The van der Waals surface area contributed by atoms with Gasteiger partial charge >= 0.3 is 0 Å². The van der Waals surface area contributed by atoms with E-state index in [0.29, 0.717) is 0 Å². The number of nitrogens with zero attached hydrogens (tertiary/aromatic N) is 2. The molecule has 2 aromatic rings. The maximum absolute atomic E-state index is 4.15. The fraction of sp³-hybridized carbons (Fsp3) is 0.417. The molecule has 2 aromatic heterocycles. The zero-order valence-corrected chi connectivity index (χ0v) is 12.2. The minimum atomic E-state index is 0.889. The van der Waals surface area contributed by atoms with E-state index < -0.39 is 0 Å². The van der Waals surface area contributed by atoms with Crippen LogP contribution in [0.15, 0.2) is 28.4 Å². The van der Waals surface area contributed by atoms with E-state index in [4.69, 9.17) is 0 Å². The highest BCUT2D eigenvalue weighted by atomic mass is 79.9. The maximum Gasteiger partial charge on any atom is 0.0948 e. The molecule has 0 saturated heterocycles. The normalized spacial score (nSPS) is 10.9. The Hall–Kier alpha value is -0.650. The molecule has 1 N–H and O–H groups in total. The number of aromatic nitrogens is 2. The van der Waals surface area contributed by atoms with Crippen LogP contribution in [0, 0.1) is 0 Å². The Morgan fingerprint density at radius 2 is 2.35 bits per heavy atom. The molecule has 0 aliphatic heterocycles. The summed E-state index contributed by atoms with van der Waals surface area (Å²) in [4.78, 5) is 5.56. The van der Waals surface area contributed by atoms with Gasteiger partial charge in [-0.25, -0.2) is 4.98 Å². The van der Waals surface area contributed by atoms with Gasteiger partial charge in [0.1, 0.15) is 0 Å². The van der Waals surface area contributed by atoms with Crippen LogP contribution in [-0.2, 0) is 19.5 Å². The van der Waals surface area contributed by atoms with Gasteiger partial charge in [0.2, 0.25) is 0 Å². The maximum atomic E-state index is 4.15. The lowest BCUT2D eigenvalue weighted by atomic mass is 10.3. The second kappa shape index (κ2) is 6.33. The molecule has 0 amide bonds. The third kappa shape index (κ3) is 3.66. The van der Waals surface area contributed by atoms with E-state index in [-0.39, 0.29) is 0 Å². The van der Waals surface area contributed by atoms with Gasteiger partial charge < -0.3 is 9.88 Å². The highest BCUT2D eigenvalue weighted by Gasteiger charge is 2.00. The van der Waals surface area contributed by atoms with Crippen LogP contribution < -0.4 is 5.32 Å². The molecular weight excluding hydrogens is 298 g/mol. The molecular formula is C12H16BrN3S. The molecule has 5 heteroatoms. The number of thiophene rings is 1. The van der Waals surface area contributed by atoms with Crippen LogP contribution in [0.5, 0.6) is 0 Å². The summed E-state index contributed by atoms with van der Waals surface area (Å²) in [5.41, 5.74) is 1.25. The number of halogens is 1. The quantitative estimate of drug-likeness (QED) is 0.831. The lowest BCUT2D eigenvalue weighted by Gasteiger charge is -2.06. The molecule has 0 aromatic carbocycles. The van der Waals surface area contributed by atoms with E-state index in [1.165, 1.54) is 14.4 Å². The molecule has 3 nitrogen and oxygen atoms in total. The third-order valence-electron chi connectivity index (χ3n) is 2.62. The van der Waals surface area contributed by atoms with Crippen molar-refractivity contribution in [2.24, 2.45) is 0 Å². The van der Waals surface area contributed by atoms with Gasteiger partial charge in [0.05, 0.1) is 15.8 Å². The molecule has 0 saturated carbocycles. The summed E-state index contributed by atoms with van der Waals surface area (Å²) in [6.07, 6.45) is 4.89. The second-order valence-corrected chi connectivity index (χ2v) is 6.35. The van der Waals surface area contributed by atoms with Crippen LogP contribution in [0.25, 0.3) is 0 Å². The van der Waals surface area contributed by atoms with Crippen LogP contribution in [0.2, 0.25) is 0 Å². The second-order valence-electron chi connectivity index (χ2n) is 3.80. The average molecular weight is 314 g/mol. The number of nitrogens with one attached hydrogen (secondary N) is 1. The van der Waals surface area contributed by atoms with Crippen molar-refractivity contribution in [2.75, 3.05) is 6.54 Å². The summed E-state index contributed by atoms with van der Waals surface area (Å²) >= 11 is 5.28. The molecule has 0 radical (unpaired) electrons. The standard InChI is InChI=1S/C12H16BrN3S/c1-2-16-9-15-8-10(16)7-14-6-5-11-3-4-12(13)17-11/h3-4,8-9,14H,2,5-7H2,1H3. The molecule has 0 atom stereocenters. The first kappa shape index (κ1) is 12.8. The predicted octanol–water partition coefficient (Wildman–Crippen LogP) is 3.06. The van der Waals surface area contributed by atoms with E-state index in [9.17, 15) is 0 Å². The Morgan fingerprint density at radius 3 is 3.06 bits per heavy atom. The number of hydrogen-bond acceptors (Lipinski definition) is 3. The lowest BCUT2D eigenvalue weighted by Crippen LogP contribution is -2.18. The highest BCUT2D eigenvalue weighted by Crippen LogP contribution is 2.22. The Morgan fingerprint density at radius 1 is 1.47 bits per heavy atom. The molecule has 0 aliphatic carbocycles. The van der Waals surface area contributed by atoms with Crippen molar-refractivity contribution in [3.05, 3.63) is 39.0 Å². The van der Waals surface area contributed by atoms with Crippen molar-refractivity contribution >= 4 is 27.3 Å². The van der Waals surface area contributed by atoms with Gasteiger partial charge in [-0.2, -0.15) is 0 Å². The van der Waals surface area contributed by atoms with Crippen LogP contribution in [-0.4, -0.2) is 16.1 Å². The zero-order valence-electron chi connectivity index (χ0n) is 9.82. The highest BCUT2D eigenvalue weighted by molar-refractivity contribution is 9.11. The van der Waals surface area contributed by atoms with Gasteiger partial charge in [0.15, 0.2) is 0 Å². The van der Waals surface area contributed by atoms with Crippen molar-refractivity contribution in [3.8, 4) is 0 Å². The molecule has 0 aliphatic rings. The van der Waals surface area contributed by atoms with Crippen LogP contribution in [0.1, 0.15) is 17.5 Å². The molecule has 0 spiro atoms. The number of rotatable bonds is 6.